The Bertz CT molecular complexity index is 679. The van der Waals surface area contributed by atoms with Gasteiger partial charge in [0, 0.05) is 37.8 Å². The van der Waals surface area contributed by atoms with Gasteiger partial charge < -0.3 is 25.2 Å². The van der Waals surface area contributed by atoms with Gasteiger partial charge in [-0.25, -0.2) is 0 Å². The molecule has 2 aliphatic rings. The lowest BCUT2D eigenvalue weighted by atomic mass is 9.89. The smallest absolute Gasteiger partial charge is 0.255 e. The molecule has 2 unspecified atom stereocenters. The van der Waals surface area contributed by atoms with Crippen molar-refractivity contribution >= 4 is 22.8 Å². The molecule has 1 amide bonds. The third-order valence-corrected chi connectivity index (χ3v) is 7.30. The van der Waals surface area contributed by atoms with Crippen LogP contribution < -0.4 is 15.8 Å². The predicted molar refractivity (Wildman–Crippen MR) is 113 cm³/mol. The van der Waals surface area contributed by atoms with Crippen molar-refractivity contribution in [3.8, 4) is 5.75 Å². The summed E-state index contributed by atoms with van der Waals surface area (Å²) < 4.78 is 17.6. The van der Waals surface area contributed by atoms with Crippen molar-refractivity contribution in [1.82, 2.24) is 10.2 Å². The summed E-state index contributed by atoms with van der Waals surface area (Å²) in [5, 5.41) is 3.14. The number of nitrogens with two attached hydrogens (primary N) is 1. The minimum absolute atomic E-state index is 0.137. The number of rotatable bonds is 7. The summed E-state index contributed by atoms with van der Waals surface area (Å²) in [5.41, 5.74) is 6.80. The summed E-state index contributed by atoms with van der Waals surface area (Å²) in [6.07, 6.45) is 7.74. The van der Waals surface area contributed by atoms with Crippen LogP contribution in [0.1, 0.15) is 55.8 Å². The molecule has 1 aromatic rings. The number of ether oxygens (including phenoxy) is 1. The maximum atomic E-state index is 12.9. The Kier molecular flexibility index (Phi) is 7.48. The van der Waals surface area contributed by atoms with Crippen LogP contribution in [0.4, 0.5) is 5.69 Å². The molecule has 2 fully saturated rings. The highest BCUT2D eigenvalue weighted by Crippen LogP contribution is 2.30. The third-order valence-electron chi connectivity index (χ3n) is 5.93. The van der Waals surface area contributed by atoms with Crippen LogP contribution in [-0.4, -0.2) is 53.9 Å². The normalized spacial score (nSPS) is 22.2. The Morgan fingerprint density at radius 3 is 2.75 bits per heavy atom. The van der Waals surface area contributed by atoms with E-state index in [9.17, 15) is 9.35 Å². The second-order valence-corrected chi connectivity index (χ2v) is 9.66. The van der Waals surface area contributed by atoms with Crippen LogP contribution >= 0.6 is 0 Å². The van der Waals surface area contributed by atoms with E-state index in [0.29, 0.717) is 27.6 Å². The van der Waals surface area contributed by atoms with E-state index in [4.69, 9.17) is 10.5 Å². The summed E-state index contributed by atoms with van der Waals surface area (Å²) in [6, 6.07) is 3.36. The fourth-order valence-electron chi connectivity index (χ4n) is 4.39. The van der Waals surface area contributed by atoms with E-state index < -0.39 is 11.2 Å². The largest absolute Gasteiger partial charge is 0.611 e. The molecule has 0 radical (unpaired) electrons. The molecule has 3 rings (SSSR count). The van der Waals surface area contributed by atoms with E-state index in [0.717, 1.165) is 32.0 Å². The van der Waals surface area contributed by atoms with E-state index in [1.54, 1.807) is 12.1 Å². The van der Waals surface area contributed by atoms with Crippen molar-refractivity contribution in [2.45, 2.75) is 56.4 Å². The number of hydrogen-bond acceptors (Lipinski definition) is 5. The number of methoxy groups -OCH3 is 1. The molecule has 156 valence electrons. The Morgan fingerprint density at radius 1 is 1.32 bits per heavy atom. The van der Waals surface area contributed by atoms with Crippen molar-refractivity contribution in [1.29, 1.82) is 0 Å². The Morgan fingerprint density at radius 2 is 2.07 bits per heavy atom. The molecule has 28 heavy (non-hydrogen) atoms. The van der Waals surface area contributed by atoms with Gasteiger partial charge >= 0.3 is 0 Å². The molecule has 1 saturated heterocycles. The van der Waals surface area contributed by atoms with E-state index in [2.05, 4.69) is 10.2 Å². The average Bonchev–Trinajstić information content (AvgIpc) is 3.14. The molecule has 1 heterocycles. The molecule has 0 aromatic heterocycles. The maximum absolute atomic E-state index is 12.9. The predicted octanol–water partition coefficient (Wildman–Crippen LogP) is 2.79. The first-order valence-corrected chi connectivity index (χ1v) is 11.7. The molecular formula is C21H33N3O3S. The number of carbonyl (C=O) groups is 1. The van der Waals surface area contributed by atoms with Gasteiger partial charge in [0.1, 0.15) is 11.5 Å². The zero-order valence-corrected chi connectivity index (χ0v) is 17.9. The fourth-order valence-corrected chi connectivity index (χ4v) is 5.27. The van der Waals surface area contributed by atoms with Crippen molar-refractivity contribution in [2.75, 3.05) is 38.2 Å². The lowest BCUT2D eigenvalue weighted by Gasteiger charge is -2.26. The standard InChI is InChI=1S/C21H33N3O3S/c1-3-28(26)20-11-17(19(27-2)12-18(20)22)21(25)23-16-9-10-24(14-16)13-15-7-5-4-6-8-15/h11-12,15-16H,3-10,13-14,22H2,1-2H3,(H,23,25). The minimum atomic E-state index is -1.22. The van der Waals surface area contributed by atoms with Crippen LogP contribution in [0.5, 0.6) is 5.75 Å². The molecule has 6 nitrogen and oxygen atoms in total. The molecule has 1 aliphatic heterocycles. The van der Waals surface area contributed by atoms with Crippen molar-refractivity contribution < 1.29 is 14.1 Å². The number of anilines is 1. The van der Waals surface area contributed by atoms with Gasteiger partial charge in [-0.15, -0.1) is 0 Å². The number of amides is 1. The number of likely N-dealkylation sites (tertiary alicyclic amines) is 1. The summed E-state index contributed by atoms with van der Waals surface area (Å²) >= 11 is -1.22. The Labute approximate surface area is 171 Å². The molecular weight excluding hydrogens is 374 g/mol. The molecule has 1 saturated carbocycles. The highest BCUT2D eigenvalue weighted by Gasteiger charge is 2.28. The van der Waals surface area contributed by atoms with E-state index in [1.165, 1.54) is 39.2 Å². The SMILES string of the molecule is CC[S+]([O-])c1cc(C(=O)NC2CCN(CC3CCCCC3)C2)c(OC)cc1N. The maximum Gasteiger partial charge on any atom is 0.255 e. The summed E-state index contributed by atoms with van der Waals surface area (Å²) in [4.78, 5) is 15.9. The minimum Gasteiger partial charge on any atom is -0.611 e. The van der Waals surface area contributed by atoms with Gasteiger partial charge in [0.25, 0.3) is 5.91 Å². The molecule has 0 bridgehead atoms. The number of nitrogen functional groups attached to an aromatic ring is 1. The molecule has 2 atom stereocenters. The van der Waals surface area contributed by atoms with Gasteiger partial charge in [0.15, 0.2) is 4.90 Å². The number of nitrogens with one attached hydrogen (secondary N) is 1. The summed E-state index contributed by atoms with van der Waals surface area (Å²) in [6.45, 7) is 4.91. The fraction of sp³-hybridized carbons (Fsp3) is 0.667. The lowest BCUT2D eigenvalue weighted by molar-refractivity contribution is 0.0934. The average molecular weight is 408 g/mol. The van der Waals surface area contributed by atoms with E-state index >= 15 is 0 Å². The van der Waals surface area contributed by atoms with Gasteiger partial charge in [-0.1, -0.05) is 19.3 Å². The van der Waals surface area contributed by atoms with Gasteiger partial charge in [-0.2, -0.15) is 0 Å². The number of hydrogen-bond donors (Lipinski definition) is 2. The van der Waals surface area contributed by atoms with Gasteiger partial charge in [0.2, 0.25) is 0 Å². The Hall–Kier alpha value is -1.44. The Balaban J connectivity index is 1.62. The summed E-state index contributed by atoms with van der Waals surface area (Å²) in [5.74, 6) is 1.50. The van der Waals surface area contributed by atoms with Crippen LogP contribution in [0.15, 0.2) is 17.0 Å². The van der Waals surface area contributed by atoms with Crippen LogP contribution in [0.25, 0.3) is 0 Å². The van der Waals surface area contributed by atoms with E-state index in [1.807, 2.05) is 6.92 Å². The molecule has 1 aliphatic carbocycles. The quantitative estimate of drug-likeness (QED) is 0.536. The van der Waals surface area contributed by atoms with Gasteiger partial charge in [-0.3, -0.25) is 4.79 Å². The molecule has 0 spiro atoms. The van der Waals surface area contributed by atoms with E-state index in [-0.39, 0.29) is 11.9 Å². The van der Waals surface area contributed by atoms with Crippen molar-refractivity contribution in [3.63, 3.8) is 0 Å². The topological polar surface area (TPSA) is 90.6 Å². The first-order chi connectivity index (χ1) is 13.5. The second-order valence-electron chi connectivity index (χ2n) is 7.95. The number of carbonyl (C=O) groups excluding carboxylic acids is 1. The second kappa shape index (κ2) is 9.85. The molecule has 1 aromatic carbocycles. The van der Waals surface area contributed by atoms with Crippen LogP contribution in [0.3, 0.4) is 0 Å². The molecule has 7 heteroatoms. The first kappa shape index (κ1) is 21.3. The van der Waals surface area contributed by atoms with Crippen molar-refractivity contribution in [3.05, 3.63) is 17.7 Å². The van der Waals surface area contributed by atoms with Gasteiger partial charge in [-0.05, 0) is 43.3 Å². The number of nitrogens with zero attached hydrogens (tertiary/aromatic N) is 1. The third kappa shape index (κ3) is 5.13. The molecule has 3 N–H and O–H groups in total. The van der Waals surface area contributed by atoms with Crippen LogP contribution in [0, 0.1) is 5.92 Å². The van der Waals surface area contributed by atoms with Crippen LogP contribution in [-0.2, 0) is 11.2 Å². The lowest BCUT2D eigenvalue weighted by Crippen LogP contribution is -2.38. The zero-order chi connectivity index (χ0) is 20.1. The first-order valence-electron chi connectivity index (χ1n) is 10.4. The highest BCUT2D eigenvalue weighted by atomic mass is 32.2. The van der Waals surface area contributed by atoms with Crippen molar-refractivity contribution in [2.24, 2.45) is 5.92 Å². The summed E-state index contributed by atoms with van der Waals surface area (Å²) in [7, 11) is 1.52. The zero-order valence-electron chi connectivity index (χ0n) is 17.0. The van der Waals surface area contributed by atoms with Crippen LogP contribution in [0.2, 0.25) is 0 Å². The van der Waals surface area contributed by atoms with Gasteiger partial charge in [0.05, 0.1) is 18.4 Å². The number of benzene rings is 1. The highest BCUT2D eigenvalue weighted by molar-refractivity contribution is 7.91. The monoisotopic (exact) mass is 407 g/mol.